The smallest absolute Gasteiger partial charge is 0.230 e. The number of hydrogen-bond acceptors (Lipinski definition) is 1. The van der Waals surface area contributed by atoms with E-state index in [2.05, 4.69) is 5.32 Å². The minimum Gasteiger partial charge on any atom is -0.326 e. The van der Waals surface area contributed by atoms with Gasteiger partial charge in [-0.1, -0.05) is 24.4 Å². The second-order valence-corrected chi connectivity index (χ2v) is 8.03. The molecule has 4 saturated carbocycles. The van der Waals surface area contributed by atoms with E-state index in [4.69, 9.17) is 11.6 Å². The molecule has 4 aliphatic rings. The van der Waals surface area contributed by atoms with Crippen LogP contribution in [0.25, 0.3) is 0 Å². The summed E-state index contributed by atoms with van der Waals surface area (Å²) in [4.78, 5) is 13.0. The van der Waals surface area contributed by atoms with Crippen LogP contribution >= 0.6 is 11.6 Å². The van der Waals surface area contributed by atoms with Crippen molar-refractivity contribution >= 4 is 23.2 Å². The molecule has 4 bridgehead atoms. The zero-order valence-corrected chi connectivity index (χ0v) is 13.3. The Hall–Kier alpha value is -1.09. The first-order valence-corrected chi connectivity index (χ1v) is 8.68. The molecule has 0 aromatic heterocycles. The third-order valence-electron chi connectivity index (χ3n) is 6.01. The monoisotopic (exact) mass is 321 g/mol. The molecule has 1 N–H and O–H groups in total. The lowest BCUT2D eigenvalue weighted by atomic mass is 9.58. The molecule has 0 unspecified atom stereocenters. The molecule has 4 fully saturated rings. The van der Waals surface area contributed by atoms with Crippen LogP contribution in [0.4, 0.5) is 10.1 Å². The van der Waals surface area contributed by atoms with Crippen molar-refractivity contribution in [3.05, 3.63) is 29.0 Å². The van der Waals surface area contributed by atoms with E-state index in [-0.39, 0.29) is 16.3 Å². The van der Waals surface area contributed by atoms with Gasteiger partial charge >= 0.3 is 0 Å². The largest absolute Gasteiger partial charge is 0.326 e. The highest BCUT2D eigenvalue weighted by molar-refractivity contribution is 6.31. The van der Waals surface area contributed by atoms with E-state index < -0.39 is 5.82 Å². The Bertz CT molecular complexity index is 601. The van der Waals surface area contributed by atoms with Gasteiger partial charge in [-0.2, -0.15) is 0 Å². The van der Waals surface area contributed by atoms with Gasteiger partial charge in [0, 0.05) is 5.69 Å². The lowest BCUT2D eigenvalue weighted by Gasteiger charge is -2.47. The number of rotatable bonds is 2. The number of benzene rings is 1. The Morgan fingerprint density at radius 2 is 1.77 bits per heavy atom. The van der Waals surface area contributed by atoms with Gasteiger partial charge in [0.2, 0.25) is 5.91 Å². The summed E-state index contributed by atoms with van der Waals surface area (Å²) in [6.45, 7) is 0. The van der Waals surface area contributed by atoms with Crippen molar-refractivity contribution in [3.8, 4) is 0 Å². The quantitative estimate of drug-likeness (QED) is 0.813. The fourth-order valence-electron chi connectivity index (χ4n) is 5.31. The Labute approximate surface area is 135 Å². The van der Waals surface area contributed by atoms with E-state index >= 15 is 0 Å². The minimum absolute atomic E-state index is 0.0561. The zero-order valence-electron chi connectivity index (χ0n) is 12.6. The number of hydrogen-bond donors (Lipinski definition) is 1. The number of anilines is 1. The summed E-state index contributed by atoms with van der Waals surface area (Å²) >= 11 is 5.82. The van der Waals surface area contributed by atoms with Crippen LogP contribution in [0.2, 0.25) is 5.02 Å². The summed E-state index contributed by atoms with van der Waals surface area (Å²) in [5.74, 6) is 1.83. The van der Waals surface area contributed by atoms with Gasteiger partial charge in [0.05, 0.1) is 10.4 Å². The highest BCUT2D eigenvalue weighted by atomic mass is 35.5. The van der Waals surface area contributed by atoms with Crippen LogP contribution in [0.1, 0.15) is 44.9 Å². The average Bonchev–Trinajstić information content (AvgIpc) is 2.69. The van der Waals surface area contributed by atoms with Crippen molar-refractivity contribution in [2.24, 2.45) is 23.2 Å². The molecule has 2 atom stereocenters. The van der Waals surface area contributed by atoms with Crippen LogP contribution in [0.3, 0.4) is 0 Å². The molecule has 0 aliphatic heterocycles. The molecule has 4 aliphatic carbocycles. The van der Waals surface area contributed by atoms with Crippen LogP contribution in [0.5, 0.6) is 0 Å². The summed E-state index contributed by atoms with van der Waals surface area (Å²) < 4.78 is 13.3. The highest BCUT2D eigenvalue weighted by Crippen LogP contribution is 2.58. The normalized spacial score (nSPS) is 36.2. The maximum Gasteiger partial charge on any atom is 0.230 e. The van der Waals surface area contributed by atoms with Crippen molar-refractivity contribution in [2.75, 3.05) is 5.32 Å². The molecule has 2 nitrogen and oxygen atoms in total. The maximum atomic E-state index is 13.3. The Morgan fingerprint density at radius 3 is 2.41 bits per heavy atom. The summed E-state index contributed by atoms with van der Waals surface area (Å²) in [6, 6.07) is 4.40. The number of halogens is 2. The molecule has 22 heavy (non-hydrogen) atoms. The van der Waals surface area contributed by atoms with Crippen LogP contribution in [0.15, 0.2) is 18.2 Å². The number of fused-ring (bicyclic) bond motifs is 1. The fraction of sp³-hybridized carbons (Fsp3) is 0.611. The van der Waals surface area contributed by atoms with Crippen LogP contribution in [0, 0.1) is 29.0 Å². The van der Waals surface area contributed by atoms with Gasteiger partial charge in [-0.05, 0) is 68.1 Å². The van der Waals surface area contributed by atoms with Crippen LogP contribution in [-0.4, -0.2) is 5.91 Å². The van der Waals surface area contributed by atoms with E-state index in [0.29, 0.717) is 17.5 Å². The topological polar surface area (TPSA) is 29.1 Å². The van der Waals surface area contributed by atoms with Gasteiger partial charge < -0.3 is 5.32 Å². The summed E-state index contributed by atoms with van der Waals surface area (Å²) in [7, 11) is 0. The molecule has 4 heteroatoms. The average molecular weight is 322 g/mol. The molecular weight excluding hydrogens is 301 g/mol. The number of amides is 1. The summed E-state index contributed by atoms with van der Waals surface area (Å²) in [6.07, 6.45) is 8.29. The fourth-order valence-corrected chi connectivity index (χ4v) is 5.49. The third-order valence-corrected chi connectivity index (χ3v) is 6.30. The number of nitrogens with one attached hydrogen (secondary N) is 1. The van der Waals surface area contributed by atoms with Crippen LogP contribution in [-0.2, 0) is 4.79 Å². The summed E-state index contributed by atoms with van der Waals surface area (Å²) in [5, 5.41) is 3.06. The van der Waals surface area contributed by atoms with Crippen molar-refractivity contribution in [2.45, 2.75) is 44.9 Å². The van der Waals surface area contributed by atoms with Crippen molar-refractivity contribution < 1.29 is 9.18 Å². The van der Waals surface area contributed by atoms with Crippen molar-refractivity contribution in [1.29, 1.82) is 0 Å². The number of carbonyl (C=O) groups is 1. The predicted molar refractivity (Wildman–Crippen MR) is 85.3 cm³/mol. The van der Waals surface area contributed by atoms with Gasteiger partial charge in [-0.3, -0.25) is 4.79 Å². The standard InChI is InChI=1S/C18H21ClFNO/c19-15-7-14(3-4-16(15)20)21-17(22)18-8-11-1-2-12(9-18)6-13(5-11)10-18/h3-4,7,11-13H,1-2,5-6,8-10H2,(H,21,22)/t11-,12-,13?,18?/m0/s1. The first-order chi connectivity index (χ1) is 10.5. The minimum atomic E-state index is -0.453. The lowest BCUT2D eigenvalue weighted by Crippen LogP contribution is -2.46. The Kier molecular flexibility index (Phi) is 3.44. The molecule has 0 spiro atoms. The highest BCUT2D eigenvalue weighted by Gasteiger charge is 2.52. The van der Waals surface area contributed by atoms with E-state index in [0.717, 1.165) is 25.2 Å². The molecule has 5 rings (SSSR count). The third kappa shape index (κ3) is 2.44. The molecular formula is C18H21ClFNO. The van der Waals surface area contributed by atoms with Crippen LogP contribution < -0.4 is 5.32 Å². The zero-order chi connectivity index (χ0) is 15.3. The first kappa shape index (κ1) is 14.5. The lowest BCUT2D eigenvalue weighted by molar-refractivity contribution is -0.132. The second kappa shape index (κ2) is 5.23. The first-order valence-electron chi connectivity index (χ1n) is 8.31. The van der Waals surface area contributed by atoms with Gasteiger partial charge in [-0.15, -0.1) is 0 Å². The van der Waals surface area contributed by atoms with Gasteiger partial charge in [0.15, 0.2) is 0 Å². The van der Waals surface area contributed by atoms with E-state index in [1.54, 1.807) is 6.07 Å². The molecule has 0 heterocycles. The Morgan fingerprint density at radius 1 is 1.14 bits per heavy atom. The SMILES string of the molecule is O=C(Nc1ccc(F)c(Cl)c1)C12CC3C[C@H](CC[C@@H](C3)C1)C2. The van der Waals surface area contributed by atoms with Crippen molar-refractivity contribution in [3.63, 3.8) is 0 Å². The Balaban J connectivity index is 1.58. The summed E-state index contributed by atoms with van der Waals surface area (Å²) in [5.41, 5.74) is 0.402. The molecule has 1 amide bonds. The molecule has 0 radical (unpaired) electrons. The van der Waals surface area contributed by atoms with Gasteiger partial charge in [0.25, 0.3) is 0 Å². The van der Waals surface area contributed by atoms with E-state index in [1.165, 1.54) is 37.8 Å². The molecule has 0 saturated heterocycles. The van der Waals surface area contributed by atoms with Gasteiger partial charge in [0.1, 0.15) is 5.82 Å². The predicted octanol–water partition coefficient (Wildman–Crippen LogP) is 5.02. The molecule has 118 valence electrons. The molecule has 1 aromatic carbocycles. The van der Waals surface area contributed by atoms with Gasteiger partial charge in [-0.25, -0.2) is 4.39 Å². The number of carbonyl (C=O) groups excluding carboxylic acids is 1. The second-order valence-electron chi connectivity index (χ2n) is 7.62. The van der Waals surface area contributed by atoms with E-state index in [9.17, 15) is 9.18 Å². The molecule has 1 aromatic rings. The van der Waals surface area contributed by atoms with E-state index in [1.807, 2.05) is 0 Å². The van der Waals surface area contributed by atoms with Crippen molar-refractivity contribution in [1.82, 2.24) is 0 Å². The maximum absolute atomic E-state index is 13.3.